The van der Waals surface area contributed by atoms with Gasteiger partial charge in [-0.1, -0.05) is 33.2 Å². The summed E-state index contributed by atoms with van der Waals surface area (Å²) in [5, 5.41) is 5.66. The van der Waals surface area contributed by atoms with Gasteiger partial charge in [-0.15, -0.1) is 0 Å². The number of hydrogen-bond donors (Lipinski definition) is 0. The molecule has 1 aromatic heterocycles. The molecule has 0 bridgehead atoms. The molecular formula is C15H17BrN2O3. The zero-order chi connectivity index (χ0) is 14.8. The van der Waals surface area contributed by atoms with Crippen LogP contribution in [-0.4, -0.2) is 46.6 Å². The predicted molar refractivity (Wildman–Crippen MR) is 82.4 cm³/mol. The maximum atomic E-state index is 12.5. The van der Waals surface area contributed by atoms with Crippen LogP contribution in [0, 0.1) is 0 Å². The van der Waals surface area contributed by atoms with Gasteiger partial charge in [0.2, 0.25) is 5.91 Å². The van der Waals surface area contributed by atoms with Gasteiger partial charge in [-0.2, -0.15) is 0 Å². The Bertz CT molecular complexity index is 643. The number of carbonyl (C=O) groups excluding carboxylic acids is 1. The molecule has 1 amide bonds. The minimum Gasteiger partial charge on any atom is -0.371 e. The number of amides is 1. The average Bonchev–Trinajstić information content (AvgIpc) is 2.90. The molecule has 0 aliphatic carbocycles. The van der Waals surface area contributed by atoms with E-state index in [0.717, 1.165) is 10.7 Å². The van der Waals surface area contributed by atoms with Crippen molar-refractivity contribution in [3.63, 3.8) is 0 Å². The quantitative estimate of drug-likeness (QED) is 0.795. The van der Waals surface area contributed by atoms with Crippen LogP contribution in [-0.2, 0) is 16.0 Å². The van der Waals surface area contributed by atoms with E-state index in [0.29, 0.717) is 24.4 Å². The van der Waals surface area contributed by atoms with Gasteiger partial charge in [-0.05, 0) is 19.1 Å². The molecule has 112 valence electrons. The molecule has 2 atom stereocenters. The van der Waals surface area contributed by atoms with Crippen molar-refractivity contribution in [2.24, 2.45) is 0 Å². The molecule has 2 unspecified atom stereocenters. The molecule has 2 heterocycles. The number of aromatic nitrogens is 1. The Labute approximate surface area is 131 Å². The van der Waals surface area contributed by atoms with Crippen molar-refractivity contribution in [1.82, 2.24) is 10.1 Å². The van der Waals surface area contributed by atoms with Crippen molar-refractivity contribution in [2.45, 2.75) is 25.6 Å². The molecule has 21 heavy (non-hydrogen) atoms. The Morgan fingerprint density at radius 2 is 2.24 bits per heavy atom. The number of halogens is 1. The Hall–Kier alpha value is -1.40. The first-order chi connectivity index (χ1) is 10.2. The Morgan fingerprint density at radius 3 is 3.05 bits per heavy atom. The smallest absolute Gasteiger partial charge is 0.228 e. The number of fused-ring (bicyclic) bond motifs is 1. The molecule has 0 N–H and O–H groups in total. The summed E-state index contributed by atoms with van der Waals surface area (Å²) in [5.74, 6) is 0.0650. The van der Waals surface area contributed by atoms with Crippen LogP contribution < -0.4 is 0 Å². The molecule has 1 aliphatic rings. The molecular weight excluding hydrogens is 336 g/mol. The summed E-state index contributed by atoms with van der Waals surface area (Å²) < 4.78 is 11.0. The first kappa shape index (κ1) is 14.5. The molecule has 1 aliphatic heterocycles. The van der Waals surface area contributed by atoms with Gasteiger partial charge in [-0.3, -0.25) is 4.79 Å². The molecule has 3 rings (SSSR count). The van der Waals surface area contributed by atoms with Gasteiger partial charge in [0.1, 0.15) is 5.69 Å². The second kappa shape index (κ2) is 6.15. The van der Waals surface area contributed by atoms with Crippen molar-refractivity contribution in [2.75, 3.05) is 18.4 Å². The van der Waals surface area contributed by atoms with Crippen molar-refractivity contribution in [3.05, 3.63) is 30.0 Å². The third-order valence-electron chi connectivity index (χ3n) is 3.62. The van der Waals surface area contributed by atoms with E-state index in [4.69, 9.17) is 9.26 Å². The van der Waals surface area contributed by atoms with Crippen molar-refractivity contribution >= 4 is 32.8 Å². The number of morpholine rings is 1. The maximum absolute atomic E-state index is 12.5. The van der Waals surface area contributed by atoms with Gasteiger partial charge in [0.25, 0.3) is 0 Å². The summed E-state index contributed by atoms with van der Waals surface area (Å²) in [4.78, 5) is 14.3. The fraction of sp³-hybridized carbons (Fsp3) is 0.467. The average molecular weight is 353 g/mol. The van der Waals surface area contributed by atoms with Crippen LogP contribution in [0.4, 0.5) is 0 Å². The first-order valence-electron chi connectivity index (χ1n) is 7.00. The van der Waals surface area contributed by atoms with Crippen molar-refractivity contribution < 1.29 is 14.1 Å². The second-order valence-corrected chi connectivity index (χ2v) is 5.97. The summed E-state index contributed by atoms with van der Waals surface area (Å²) in [5.41, 5.74) is 1.42. The number of ether oxygens (including phenoxy) is 1. The van der Waals surface area contributed by atoms with Crippen LogP contribution in [0.3, 0.4) is 0 Å². The van der Waals surface area contributed by atoms with Gasteiger partial charge in [0.15, 0.2) is 5.58 Å². The predicted octanol–water partition coefficient (Wildman–Crippen LogP) is 2.38. The highest BCUT2D eigenvalue weighted by molar-refractivity contribution is 9.09. The molecule has 1 aromatic carbocycles. The lowest BCUT2D eigenvalue weighted by molar-refractivity contribution is -0.142. The summed E-state index contributed by atoms with van der Waals surface area (Å²) >= 11 is 3.42. The monoisotopic (exact) mass is 352 g/mol. The summed E-state index contributed by atoms with van der Waals surface area (Å²) in [6.45, 7) is 3.23. The number of hydrogen-bond acceptors (Lipinski definition) is 4. The van der Waals surface area contributed by atoms with Crippen LogP contribution in [0.5, 0.6) is 0 Å². The van der Waals surface area contributed by atoms with Gasteiger partial charge in [0, 0.05) is 23.8 Å². The zero-order valence-electron chi connectivity index (χ0n) is 11.8. The number of para-hydroxylation sites is 1. The molecule has 6 heteroatoms. The SMILES string of the molecule is CC1CN(C(=O)Cc2noc3ccccc23)CC(CBr)O1. The summed E-state index contributed by atoms with van der Waals surface area (Å²) in [6, 6.07) is 7.60. The fourth-order valence-corrected chi connectivity index (χ4v) is 3.01. The lowest BCUT2D eigenvalue weighted by Crippen LogP contribution is -2.50. The van der Waals surface area contributed by atoms with Gasteiger partial charge >= 0.3 is 0 Å². The molecule has 1 fully saturated rings. The highest BCUT2D eigenvalue weighted by Crippen LogP contribution is 2.20. The number of rotatable bonds is 3. The summed E-state index contributed by atoms with van der Waals surface area (Å²) in [7, 11) is 0. The third kappa shape index (κ3) is 3.11. The van der Waals surface area contributed by atoms with Crippen LogP contribution in [0.15, 0.2) is 28.8 Å². The summed E-state index contributed by atoms with van der Waals surface area (Å²) in [6.07, 6.45) is 0.365. The van der Waals surface area contributed by atoms with E-state index >= 15 is 0 Å². The molecule has 5 nitrogen and oxygen atoms in total. The van der Waals surface area contributed by atoms with Crippen molar-refractivity contribution in [3.8, 4) is 0 Å². The Morgan fingerprint density at radius 1 is 1.43 bits per heavy atom. The normalized spacial score (nSPS) is 22.7. The molecule has 1 saturated heterocycles. The number of alkyl halides is 1. The van der Waals surface area contributed by atoms with Gasteiger partial charge in [-0.25, -0.2) is 0 Å². The Balaban J connectivity index is 1.74. The number of benzene rings is 1. The number of nitrogens with zero attached hydrogens (tertiary/aromatic N) is 2. The standard InChI is InChI=1S/C15H17BrN2O3/c1-10-8-18(9-11(7-16)20-10)15(19)6-13-12-4-2-3-5-14(12)21-17-13/h2-5,10-11H,6-9H2,1H3. The van der Waals surface area contributed by atoms with Gasteiger partial charge < -0.3 is 14.2 Å². The lowest BCUT2D eigenvalue weighted by atomic mass is 10.1. The van der Waals surface area contributed by atoms with Crippen LogP contribution in [0.25, 0.3) is 11.0 Å². The van der Waals surface area contributed by atoms with E-state index in [1.165, 1.54) is 0 Å². The minimum atomic E-state index is 0.0479. The van der Waals surface area contributed by atoms with E-state index < -0.39 is 0 Å². The Kier molecular flexibility index (Phi) is 4.26. The van der Waals surface area contributed by atoms with E-state index in [-0.39, 0.29) is 24.5 Å². The van der Waals surface area contributed by atoms with E-state index in [1.54, 1.807) is 0 Å². The molecule has 2 aromatic rings. The first-order valence-corrected chi connectivity index (χ1v) is 8.12. The molecule has 0 radical (unpaired) electrons. The van der Waals surface area contributed by atoms with Crippen molar-refractivity contribution in [1.29, 1.82) is 0 Å². The van der Waals surface area contributed by atoms with Gasteiger partial charge in [0.05, 0.1) is 18.6 Å². The maximum Gasteiger partial charge on any atom is 0.228 e. The fourth-order valence-electron chi connectivity index (χ4n) is 2.65. The molecule has 0 spiro atoms. The largest absolute Gasteiger partial charge is 0.371 e. The second-order valence-electron chi connectivity index (χ2n) is 5.32. The zero-order valence-corrected chi connectivity index (χ0v) is 13.4. The highest BCUT2D eigenvalue weighted by atomic mass is 79.9. The highest BCUT2D eigenvalue weighted by Gasteiger charge is 2.28. The van der Waals surface area contributed by atoms with E-state index in [9.17, 15) is 4.79 Å². The topological polar surface area (TPSA) is 55.6 Å². The number of carbonyl (C=O) groups is 1. The van der Waals surface area contributed by atoms with Crippen LogP contribution >= 0.6 is 15.9 Å². The molecule has 0 saturated carbocycles. The lowest BCUT2D eigenvalue weighted by Gasteiger charge is -2.36. The minimum absolute atomic E-state index is 0.0479. The van der Waals surface area contributed by atoms with Crippen LogP contribution in [0.1, 0.15) is 12.6 Å². The van der Waals surface area contributed by atoms with E-state index in [2.05, 4.69) is 21.1 Å². The van der Waals surface area contributed by atoms with E-state index in [1.807, 2.05) is 36.1 Å². The van der Waals surface area contributed by atoms with Crippen LogP contribution in [0.2, 0.25) is 0 Å². The third-order valence-corrected chi connectivity index (χ3v) is 4.34.